The van der Waals surface area contributed by atoms with E-state index in [0.717, 1.165) is 34.7 Å². The van der Waals surface area contributed by atoms with Crippen molar-refractivity contribution >= 4 is 29.2 Å². The van der Waals surface area contributed by atoms with E-state index in [4.69, 9.17) is 9.47 Å². The average Bonchev–Trinajstić information content (AvgIpc) is 3.70. The molecular weight excluding hydrogens is 694 g/mol. The van der Waals surface area contributed by atoms with Crippen LogP contribution in [0.1, 0.15) is 47.3 Å². The summed E-state index contributed by atoms with van der Waals surface area (Å²) in [6, 6.07) is 24.8. The molecule has 0 aliphatic carbocycles. The summed E-state index contributed by atoms with van der Waals surface area (Å²) in [5, 5.41) is 6.12. The fourth-order valence-corrected chi connectivity index (χ4v) is 7.02. The predicted molar refractivity (Wildman–Crippen MR) is 204 cm³/mol. The molecule has 3 amide bonds. The molecule has 282 valence electrons. The quantitative estimate of drug-likeness (QED) is 0.111. The van der Waals surface area contributed by atoms with Gasteiger partial charge in [-0.3, -0.25) is 14.7 Å². The van der Waals surface area contributed by atoms with Crippen LogP contribution in [0.25, 0.3) is 0 Å². The van der Waals surface area contributed by atoms with E-state index in [2.05, 4.69) is 32.7 Å². The fourth-order valence-electron chi connectivity index (χ4n) is 6.51. The highest BCUT2D eigenvalue weighted by Crippen LogP contribution is 2.23. The summed E-state index contributed by atoms with van der Waals surface area (Å²) in [6.07, 6.45) is 4.50. The van der Waals surface area contributed by atoms with E-state index in [-0.39, 0.29) is 49.2 Å². The van der Waals surface area contributed by atoms with Crippen LogP contribution < -0.4 is 10.6 Å². The molecular formula is C41H50FN5O5S. The Kier molecular flexibility index (Phi) is 15.8. The van der Waals surface area contributed by atoms with E-state index < -0.39 is 12.1 Å². The molecule has 0 bridgehead atoms. The van der Waals surface area contributed by atoms with Crippen molar-refractivity contribution in [3.63, 3.8) is 0 Å². The van der Waals surface area contributed by atoms with Crippen LogP contribution >= 0.6 is 11.3 Å². The number of halogens is 1. The summed E-state index contributed by atoms with van der Waals surface area (Å²) in [5.41, 5.74) is 4.70. The molecule has 4 aromatic rings. The van der Waals surface area contributed by atoms with E-state index in [0.29, 0.717) is 51.9 Å². The largest absolute Gasteiger partial charge is 0.444 e. The smallest absolute Gasteiger partial charge is 0.407 e. The third-order valence-corrected chi connectivity index (χ3v) is 10.2. The Morgan fingerprint density at radius 2 is 1.57 bits per heavy atom. The van der Waals surface area contributed by atoms with Gasteiger partial charge in [0.25, 0.3) is 0 Å². The van der Waals surface area contributed by atoms with E-state index in [1.165, 1.54) is 28.4 Å². The number of hydrogen-bond donors (Lipinski definition) is 2. The molecule has 3 atom stereocenters. The van der Waals surface area contributed by atoms with Gasteiger partial charge in [-0.15, -0.1) is 11.3 Å². The first-order valence-corrected chi connectivity index (χ1v) is 19.2. The van der Waals surface area contributed by atoms with E-state index in [1.54, 1.807) is 30.9 Å². The third-order valence-electron chi connectivity index (χ3n) is 9.46. The molecule has 1 aliphatic rings. The molecule has 1 aliphatic heterocycles. The SMILES string of the molecule is CN(Cc1ccc(F)cc1)C(=O)N[C@@H](CCN1CCOCC1)C(=O)C[C@H](CC[C@H](Cc1ccccc1)NC(=O)OCc1cncs1)Cc1ccccc1. The van der Waals surface area contributed by atoms with Gasteiger partial charge in [0.1, 0.15) is 12.4 Å². The number of ether oxygens (including phenoxy) is 2. The number of morpholine rings is 1. The Morgan fingerprint density at radius 3 is 2.23 bits per heavy atom. The molecule has 1 fully saturated rings. The Labute approximate surface area is 315 Å². The molecule has 3 aromatic carbocycles. The van der Waals surface area contributed by atoms with Gasteiger partial charge in [0, 0.05) is 51.9 Å². The number of rotatable bonds is 19. The summed E-state index contributed by atoms with van der Waals surface area (Å²) >= 11 is 1.43. The topological polar surface area (TPSA) is 113 Å². The number of thiazole rings is 1. The van der Waals surface area contributed by atoms with Crippen LogP contribution in [0, 0.1) is 11.7 Å². The van der Waals surface area contributed by atoms with Crippen molar-refractivity contribution in [3.05, 3.63) is 124 Å². The molecule has 0 saturated carbocycles. The normalized spacial score (nSPS) is 14.8. The molecule has 2 heterocycles. The number of amides is 3. The van der Waals surface area contributed by atoms with Gasteiger partial charge in [-0.1, -0.05) is 72.8 Å². The highest BCUT2D eigenvalue weighted by molar-refractivity contribution is 7.09. The summed E-state index contributed by atoms with van der Waals surface area (Å²) in [4.78, 5) is 49.4. The minimum absolute atomic E-state index is 0.0285. The second kappa shape index (κ2) is 21.2. The number of ketones is 1. The predicted octanol–water partition coefficient (Wildman–Crippen LogP) is 6.65. The Balaban J connectivity index is 1.28. The standard InChI is InChI=1S/C41H50FN5O5S/c1-46(28-33-12-15-35(42)16-13-33)40(49)45-38(18-19-47-20-22-51-23-21-47)39(48)26-34(24-31-8-4-2-5-9-31)14-17-36(25-32-10-6-3-7-11-32)44-41(50)52-29-37-27-43-30-53-37/h2-13,15-16,27,30,34,36,38H,14,17-26,28-29H2,1H3,(H,44,50)(H,45,49)/t34-,36-,38+/m1/s1. The van der Waals surface area contributed by atoms with Gasteiger partial charge in [0.15, 0.2) is 5.78 Å². The van der Waals surface area contributed by atoms with E-state index in [9.17, 15) is 18.8 Å². The summed E-state index contributed by atoms with van der Waals surface area (Å²) < 4.78 is 24.5. The molecule has 0 unspecified atom stereocenters. The molecule has 10 nitrogen and oxygen atoms in total. The first-order valence-electron chi connectivity index (χ1n) is 18.3. The van der Waals surface area contributed by atoms with Crippen LogP contribution in [0.2, 0.25) is 0 Å². The van der Waals surface area contributed by atoms with Gasteiger partial charge in [-0.25, -0.2) is 14.0 Å². The summed E-state index contributed by atoms with van der Waals surface area (Å²) in [7, 11) is 1.67. The van der Waals surface area contributed by atoms with Crippen molar-refractivity contribution in [1.82, 2.24) is 25.4 Å². The average molecular weight is 744 g/mol. The number of aromatic nitrogens is 1. The van der Waals surface area contributed by atoms with Crippen LogP contribution in [0.4, 0.5) is 14.0 Å². The Morgan fingerprint density at radius 1 is 0.887 bits per heavy atom. The maximum absolute atomic E-state index is 14.3. The molecule has 1 saturated heterocycles. The molecule has 1 aromatic heterocycles. The van der Waals surface area contributed by atoms with Crippen molar-refractivity contribution in [1.29, 1.82) is 0 Å². The molecule has 12 heteroatoms. The number of Topliss-reactive ketones (excluding diaryl/α,β-unsaturated/α-hetero) is 1. The summed E-state index contributed by atoms with van der Waals surface area (Å²) in [5.74, 6) is -0.411. The number of nitrogens with one attached hydrogen (secondary N) is 2. The first-order chi connectivity index (χ1) is 25.8. The van der Waals surface area contributed by atoms with Crippen molar-refractivity contribution in [2.75, 3.05) is 39.9 Å². The first kappa shape index (κ1) is 39.6. The molecule has 53 heavy (non-hydrogen) atoms. The van der Waals surface area contributed by atoms with Crippen molar-refractivity contribution < 1.29 is 28.2 Å². The van der Waals surface area contributed by atoms with Crippen LogP contribution in [0.3, 0.4) is 0 Å². The van der Waals surface area contributed by atoms with Crippen LogP contribution in [-0.4, -0.2) is 84.7 Å². The lowest BCUT2D eigenvalue weighted by atomic mass is 9.86. The Bertz CT molecular complexity index is 1670. The van der Waals surface area contributed by atoms with Gasteiger partial charge < -0.3 is 25.0 Å². The molecule has 0 spiro atoms. The van der Waals surface area contributed by atoms with Gasteiger partial charge in [0.05, 0.1) is 29.6 Å². The molecule has 2 N–H and O–H groups in total. The fraction of sp³-hybridized carbons (Fsp3) is 0.415. The lowest BCUT2D eigenvalue weighted by molar-refractivity contribution is -0.122. The third kappa shape index (κ3) is 14.0. The summed E-state index contributed by atoms with van der Waals surface area (Å²) in [6.45, 7) is 3.91. The second-order valence-corrected chi connectivity index (χ2v) is 14.6. The lowest BCUT2D eigenvalue weighted by Crippen LogP contribution is -2.49. The van der Waals surface area contributed by atoms with Crippen molar-refractivity contribution in [2.24, 2.45) is 5.92 Å². The zero-order valence-corrected chi connectivity index (χ0v) is 31.1. The Hall–Kier alpha value is -4.65. The lowest BCUT2D eigenvalue weighted by Gasteiger charge is -2.30. The minimum Gasteiger partial charge on any atom is -0.444 e. The van der Waals surface area contributed by atoms with Gasteiger partial charge >= 0.3 is 12.1 Å². The molecule has 5 rings (SSSR count). The zero-order chi connectivity index (χ0) is 37.3. The maximum Gasteiger partial charge on any atom is 0.407 e. The van der Waals surface area contributed by atoms with Crippen molar-refractivity contribution in [2.45, 2.75) is 63.8 Å². The van der Waals surface area contributed by atoms with Gasteiger partial charge in [-0.2, -0.15) is 0 Å². The number of carbonyl (C=O) groups is 3. The van der Waals surface area contributed by atoms with E-state index in [1.807, 2.05) is 48.5 Å². The maximum atomic E-state index is 14.3. The monoisotopic (exact) mass is 743 g/mol. The van der Waals surface area contributed by atoms with Crippen LogP contribution in [-0.2, 0) is 40.3 Å². The minimum atomic E-state index is -0.695. The van der Waals surface area contributed by atoms with Crippen molar-refractivity contribution in [3.8, 4) is 0 Å². The highest BCUT2D eigenvalue weighted by Gasteiger charge is 2.27. The highest BCUT2D eigenvalue weighted by atomic mass is 32.1. The number of alkyl carbamates (subject to hydrolysis) is 1. The van der Waals surface area contributed by atoms with Gasteiger partial charge in [-0.05, 0) is 66.8 Å². The number of urea groups is 1. The van der Waals surface area contributed by atoms with Gasteiger partial charge in [0.2, 0.25) is 0 Å². The number of carbonyl (C=O) groups excluding carboxylic acids is 3. The zero-order valence-electron chi connectivity index (χ0n) is 30.3. The second-order valence-electron chi connectivity index (χ2n) is 13.6. The number of nitrogens with zero attached hydrogens (tertiary/aromatic N) is 3. The number of benzene rings is 3. The van der Waals surface area contributed by atoms with E-state index >= 15 is 0 Å². The molecule has 0 radical (unpaired) electrons. The van der Waals surface area contributed by atoms with Crippen LogP contribution in [0.15, 0.2) is 96.6 Å². The number of hydrogen-bond acceptors (Lipinski definition) is 8. The van der Waals surface area contributed by atoms with Crippen LogP contribution in [0.5, 0.6) is 0 Å².